The van der Waals surface area contributed by atoms with Crippen LogP contribution in [-0.2, 0) is 25.6 Å². The molecule has 0 spiro atoms. The van der Waals surface area contributed by atoms with E-state index in [0.29, 0.717) is 12.1 Å². The van der Waals surface area contributed by atoms with Gasteiger partial charge in [0.2, 0.25) is 5.91 Å². The second-order valence-electron chi connectivity index (χ2n) is 9.33. The van der Waals surface area contributed by atoms with Gasteiger partial charge in [0.25, 0.3) is 5.92 Å². The Bertz CT molecular complexity index is 1260. The summed E-state index contributed by atoms with van der Waals surface area (Å²) in [7, 11) is -4.78. The Morgan fingerprint density at radius 1 is 1.25 bits per heavy atom. The van der Waals surface area contributed by atoms with Gasteiger partial charge in [-0.3, -0.25) is 14.5 Å². The zero-order valence-corrected chi connectivity index (χ0v) is 19.3. The summed E-state index contributed by atoms with van der Waals surface area (Å²) >= 11 is 0. The Hall–Kier alpha value is -2.99. The number of halogens is 5. The number of anilines is 1. The van der Waals surface area contributed by atoms with Crippen LogP contribution in [0.3, 0.4) is 0 Å². The van der Waals surface area contributed by atoms with E-state index in [-0.39, 0.29) is 18.7 Å². The van der Waals surface area contributed by atoms with Crippen LogP contribution in [0.5, 0.6) is 0 Å². The van der Waals surface area contributed by atoms with Crippen LogP contribution >= 0.6 is 0 Å². The summed E-state index contributed by atoms with van der Waals surface area (Å²) in [6.45, 7) is -1.55. The lowest BCUT2D eigenvalue weighted by molar-refractivity contribution is -0.143. The second-order valence-corrected chi connectivity index (χ2v) is 11.5. The number of hydrogen-bond acceptors (Lipinski definition) is 7. The summed E-state index contributed by atoms with van der Waals surface area (Å²) in [5.74, 6) is -5.56. The van der Waals surface area contributed by atoms with E-state index >= 15 is 0 Å². The van der Waals surface area contributed by atoms with Crippen molar-refractivity contribution >= 4 is 27.4 Å². The summed E-state index contributed by atoms with van der Waals surface area (Å²) < 4.78 is 95.6. The van der Waals surface area contributed by atoms with Gasteiger partial charge in [0.05, 0.1) is 28.3 Å². The number of alkyl halides is 5. The number of likely N-dealkylation sites (tertiary alicyclic amines) is 1. The highest BCUT2D eigenvalue weighted by Crippen LogP contribution is 2.52. The lowest BCUT2D eigenvalue weighted by Gasteiger charge is -2.23. The van der Waals surface area contributed by atoms with E-state index in [4.69, 9.17) is 5.73 Å². The lowest BCUT2D eigenvalue weighted by atomic mass is 10.1. The SMILES string of the molecule is N#CC1(C(N)=O)CC1N1C[C@H](S(=O)(=O)c2ccc(N3CCC(F)(F)C3)cc2C(F)(F)F)C[C@H]1C(=O)O. The Morgan fingerprint density at radius 3 is 2.39 bits per heavy atom. The fourth-order valence-electron chi connectivity index (χ4n) is 5.04. The molecular weight excluding hydrogens is 515 g/mol. The first-order chi connectivity index (χ1) is 16.5. The topological polar surface area (TPSA) is 145 Å². The number of nitrogens with two attached hydrogens (primary N) is 1. The van der Waals surface area contributed by atoms with Crippen LogP contribution in [0.25, 0.3) is 0 Å². The third-order valence-electron chi connectivity index (χ3n) is 7.10. The number of sulfone groups is 1. The number of carbonyl (C=O) groups excluding carboxylic acids is 1. The van der Waals surface area contributed by atoms with Crippen molar-refractivity contribution in [2.75, 3.05) is 24.5 Å². The molecule has 4 rings (SSSR count). The number of hydrogen-bond donors (Lipinski definition) is 2. The molecule has 2 unspecified atom stereocenters. The van der Waals surface area contributed by atoms with Gasteiger partial charge in [-0.25, -0.2) is 17.2 Å². The lowest BCUT2D eigenvalue weighted by Crippen LogP contribution is -2.42. The first kappa shape index (κ1) is 26.1. The Morgan fingerprint density at radius 2 is 1.92 bits per heavy atom. The molecule has 3 aliphatic rings. The molecule has 0 aromatic heterocycles. The molecule has 0 bridgehead atoms. The fraction of sp³-hybridized carbons (Fsp3) is 0.571. The molecule has 1 aromatic rings. The number of carboxylic acids is 1. The van der Waals surface area contributed by atoms with Gasteiger partial charge in [0.15, 0.2) is 15.3 Å². The highest BCUT2D eigenvalue weighted by molar-refractivity contribution is 7.92. The number of nitriles is 1. The summed E-state index contributed by atoms with van der Waals surface area (Å²) in [5, 5.41) is 17.3. The predicted molar refractivity (Wildman–Crippen MR) is 113 cm³/mol. The maximum Gasteiger partial charge on any atom is 0.417 e. The normalized spacial score (nSPS) is 30.2. The van der Waals surface area contributed by atoms with Gasteiger partial charge in [-0.15, -0.1) is 0 Å². The second kappa shape index (κ2) is 8.27. The van der Waals surface area contributed by atoms with E-state index in [1.54, 1.807) is 6.07 Å². The summed E-state index contributed by atoms with van der Waals surface area (Å²) in [6, 6.07) is 1.49. The number of carboxylic acid groups (broad SMARTS) is 1. The number of rotatable bonds is 6. The molecular formula is C21H21F5N4O5S. The van der Waals surface area contributed by atoms with Gasteiger partial charge >= 0.3 is 12.1 Å². The first-order valence-corrected chi connectivity index (χ1v) is 12.4. The molecule has 4 atom stereocenters. The van der Waals surface area contributed by atoms with E-state index in [1.165, 1.54) is 0 Å². The molecule has 36 heavy (non-hydrogen) atoms. The van der Waals surface area contributed by atoms with Crippen LogP contribution in [0.15, 0.2) is 23.1 Å². The third-order valence-corrected chi connectivity index (χ3v) is 9.29. The molecule has 2 heterocycles. The van der Waals surface area contributed by atoms with Crippen molar-refractivity contribution in [1.82, 2.24) is 4.90 Å². The molecule has 196 valence electrons. The van der Waals surface area contributed by atoms with Gasteiger partial charge in [-0.05, 0) is 31.0 Å². The van der Waals surface area contributed by atoms with Crippen molar-refractivity contribution in [2.45, 2.75) is 53.6 Å². The number of amides is 1. The van der Waals surface area contributed by atoms with E-state index < -0.39 is 93.0 Å². The van der Waals surface area contributed by atoms with E-state index in [2.05, 4.69) is 0 Å². The highest BCUT2D eigenvalue weighted by Gasteiger charge is 2.66. The van der Waals surface area contributed by atoms with Crippen LogP contribution in [0.4, 0.5) is 27.6 Å². The van der Waals surface area contributed by atoms with Crippen molar-refractivity contribution in [3.63, 3.8) is 0 Å². The highest BCUT2D eigenvalue weighted by atomic mass is 32.2. The fourth-order valence-corrected chi connectivity index (χ4v) is 6.94. The summed E-state index contributed by atoms with van der Waals surface area (Å²) in [5.41, 5.74) is 1.79. The maximum absolute atomic E-state index is 13.9. The molecule has 1 aromatic carbocycles. The zero-order chi connectivity index (χ0) is 26.8. The van der Waals surface area contributed by atoms with Gasteiger partial charge in [-0.1, -0.05) is 0 Å². The van der Waals surface area contributed by atoms with Gasteiger partial charge < -0.3 is 15.7 Å². The number of aliphatic carboxylic acids is 1. The molecule has 1 saturated carbocycles. The van der Waals surface area contributed by atoms with Crippen LogP contribution in [0, 0.1) is 16.7 Å². The van der Waals surface area contributed by atoms with Crippen LogP contribution in [0.2, 0.25) is 0 Å². The molecule has 1 aliphatic carbocycles. The van der Waals surface area contributed by atoms with Crippen molar-refractivity contribution in [3.05, 3.63) is 23.8 Å². The largest absolute Gasteiger partial charge is 0.480 e. The minimum Gasteiger partial charge on any atom is -0.480 e. The summed E-state index contributed by atoms with van der Waals surface area (Å²) in [6.07, 6.45) is -6.41. The predicted octanol–water partition coefficient (Wildman–Crippen LogP) is 1.62. The van der Waals surface area contributed by atoms with Crippen LogP contribution in [0.1, 0.15) is 24.8 Å². The van der Waals surface area contributed by atoms with Crippen molar-refractivity contribution in [3.8, 4) is 6.07 Å². The first-order valence-electron chi connectivity index (χ1n) is 10.8. The number of carbonyl (C=O) groups is 2. The number of benzene rings is 1. The third kappa shape index (κ3) is 4.26. The van der Waals surface area contributed by atoms with E-state index in [0.717, 1.165) is 15.9 Å². The molecule has 2 aliphatic heterocycles. The maximum atomic E-state index is 13.9. The zero-order valence-electron chi connectivity index (χ0n) is 18.5. The van der Waals surface area contributed by atoms with Crippen LogP contribution < -0.4 is 10.6 Å². The molecule has 1 amide bonds. The van der Waals surface area contributed by atoms with Crippen molar-refractivity contribution in [2.24, 2.45) is 11.1 Å². The molecule has 3 N–H and O–H groups in total. The van der Waals surface area contributed by atoms with Crippen molar-refractivity contribution in [1.29, 1.82) is 5.26 Å². The number of nitrogens with zero attached hydrogens (tertiary/aromatic N) is 3. The van der Waals surface area contributed by atoms with E-state index in [1.807, 2.05) is 0 Å². The molecule has 2 saturated heterocycles. The molecule has 15 heteroatoms. The standard InChI is InChI=1S/C21H21F5N4O5S/c22-20(23)3-4-29(10-20)11-1-2-15(13(5-11)21(24,25)26)36(34,35)12-6-14(17(31)32)30(8-12)16-7-19(16,9-27)18(28)33/h1-2,5,12,14,16H,3-4,6-8,10H2,(H2,28,33)(H,31,32)/t12-,14+,16?,19?/m1/s1. The minimum absolute atomic E-state index is 0.127. The monoisotopic (exact) mass is 536 g/mol. The van der Waals surface area contributed by atoms with Gasteiger partial charge in [0, 0.05) is 31.2 Å². The Kier molecular flexibility index (Phi) is 5.99. The molecule has 0 radical (unpaired) electrons. The Labute approximate surface area is 202 Å². The van der Waals surface area contributed by atoms with E-state index in [9.17, 15) is 50.3 Å². The average Bonchev–Trinajstić information content (AvgIpc) is 3.15. The van der Waals surface area contributed by atoms with Gasteiger partial charge in [-0.2, -0.15) is 18.4 Å². The van der Waals surface area contributed by atoms with Crippen LogP contribution in [-0.4, -0.2) is 73.2 Å². The quantitative estimate of drug-likeness (QED) is 0.522. The Balaban J connectivity index is 1.68. The number of primary amides is 1. The molecule has 9 nitrogen and oxygen atoms in total. The minimum atomic E-state index is -5.15. The molecule has 3 fully saturated rings. The average molecular weight is 536 g/mol. The van der Waals surface area contributed by atoms with Gasteiger partial charge in [0.1, 0.15) is 6.04 Å². The summed E-state index contributed by atoms with van der Waals surface area (Å²) in [4.78, 5) is 24.6. The van der Waals surface area contributed by atoms with Crippen molar-refractivity contribution < 1.29 is 45.1 Å². The smallest absolute Gasteiger partial charge is 0.417 e.